The van der Waals surface area contributed by atoms with Gasteiger partial charge in [-0.3, -0.25) is 4.79 Å². The molecule has 0 aliphatic rings. The Kier molecular flexibility index (Phi) is 5.63. The summed E-state index contributed by atoms with van der Waals surface area (Å²) >= 11 is 5.74. The molecule has 1 amide bonds. The molecule has 19 heavy (non-hydrogen) atoms. The van der Waals surface area contributed by atoms with Gasteiger partial charge >= 0.3 is 5.97 Å². The Hall–Kier alpha value is -1.75. The summed E-state index contributed by atoms with van der Waals surface area (Å²) in [4.78, 5) is 22.6. The van der Waals surface area contributed by atoms with Crippen LogP contribution >= 0.6 is 11.6 Å². The van der Waals surface area contributed by atoms with Crippen LogP contribution in [0.5, 0.6) is 0 Å². The van der Waals surface area contributed by atoms with Crippen molar-refractivity contribution in [3.63, 3.8) is 0 Å². The standard InChI is InChI=1S/C13H17ClN2O3/c1-8(2)6-16-12(17)7-15-11-4-3-9(14)5-10(11)13(18)19/h3-5,8,15H,6-7H2,1-2H3,(H,16,17)(H,18,19). The van der Waals surface area contributed by atoms with Crippen molar-refractivity contribution < 1.29 is 14.7 Å². The van der Waals surface area contributed by atoms with Gasteiger partial charge in [0.2, 0.25) is 5.91 Å². The average molecular weight is 285 g/mol. The second-order valence-electron chi connectivity index (χ2n) is 4.55. The number of anilines is 1. The van der Waals surface area contributed by atoms with Crippen LogP contribution in [-0.2, 0) is 4.79 Å². The Morgan fingerprint density at radius 1 is 1.37 bits per heavy atom. The van der Waals surface area contributed by atoms with Crippen molar-refractivity contribution in [3.8, 4) is 0 Å². The minimum atomic E-state index is -1.09. The Bertz CT molecular complexity index is 475. The lowest BCUT2D eigenvalue weighted by atomic mass is 10.2. The maximum atomic E-state index is 11.5. The van der Waals surface area contributed by atoms with E-state index in [2.05, 4.69) is 10.6 Å². The number of hydrogen-bond acceptors (Lipinski definition) is 3. The third kappa shape index (κ3) is 5.18. The van der Waals surface area contributed by atoms with Crippen LogP contribution in [0.3, 0.4) is 0 Å². The molecular formula is C13H17ClN2O3. The third-order valence-electron chi connectivity index (χ3n) is 2.36. The van der Waals surface area contributed by atoms with Crippen molar-refractivity contribution in [2.75, 3.05) is 18.4 Å². The van der Waals surface area contributed by atoms with Crippen LogP contribution in [0.4, 0.5) is 5.69 Å². The lowest BCUT2D eigenvalue weighted by Crippen LogP contribution is -2.32. The summed E-state index contributed by atoms with van der Waals surface area (Å²) < 4.78 is 0. The molecule has 0 saturated heterocycles. The molecule has 0 aliphatic carbocycles. The van der Waals surface area contributed by atoms with Crippen molar-refractivity contribution >= 4 is 29.2 Å². The van der Waals surface area contributed by atoms with E-state index < -0.39 is 5.97 Å². The Morgan fingerprint density at radius 2 is 2.05 bits per heavy atom. The summed E-state index contributed by atoms with van der Waals surface area (Å²) in [6, 6.07) is 4.46. The number of hydrogen-bond donors (Lipinski definition) is 3. The molecule has 1 aromatic carbocycles. The average Bonchev–Trinajstić information content (AvgIpc) is 2.34. The number of carbonyl (C=O) groups is 2. The highest BCUT2D eigenvalue weighted by molar-refractivity contribution is 6.31. The van der Waals surface area contributed by atoms with E-state index in [1.165, 1.54) is 6.07 Å². The fraction of sp³-hybridized carbons (Fsp3) is 0.385. The molecule has 104 valence electrons. The molecular weight excluding hydrogens is 268 g/mol. The number of rotatable bonds is 6. The lowest BCUT2D eigenvalue weighted by molar-refractivity contribution is -0.119. The summed E-state index contributed by atoms with van der Waals surface area (Å²) in [6.07, 6.45) is 0. The van der Waals surface area contributed by atoms with Gasteiger partial charge in [-0.1, -0.05) is 25.4 Å². The van der Waals surface area contributed by atoms with E-state index in [1.807, 2.05) is 13.8 Å². The smallest absolute Gasteiger partial charge is 0.337 e. The van der Waals surface area contributed by atoms with Crippen molar-refractivity contribution in [3.05, 3.63) is 28.8 Å². The summed E-state index contributed by atoms with van der Waals surface area (Å²) in [5, 5.41) is 14.9. The van der Waals surface area contributed by atoms with Gasteiger partial charge in [0.25, 0.3) is 0 Å². The third-order valence-corrected chi connectivity index (χ3v) is 2.59. The molecule has 0 bridgehead atoms. The largest absolute Gasteiger partial charge is 0.478 e. The highest BCUT2D eigenvalue weighted by Crippen LogP contribution is 2.20. The van der Waals surface area contributed by atoms with Gasteiger partial charge in [-0.25, -0.2) is 4.79 Å². The van der Waals surface area contributed by atoms with Crippen LogP contribution < -0.4 is 10.6 Å². The van der Waals surface area contributed by atoms with Crippen molar-refractivity contribution in [1.82, 2.24) is 5.32 Å². The predicted octanol–water partition coefficient (Wildman–Crippen LogP) is 2.22. The van der Waals surface area contributed by atoms with Gasteiger partial charge < -0.3 is 15.7 Å². The quantitative estimate of drug-likeness (QED) is 0.748. The van der Waals surface area contributed by atoms with Crippen LogP contribution in [0.15, 0.2) is 18.2 Å². The first-order valence-electron chi connectivity index (χ1n) is 5.93. The van der Waals surface area contributed by atoms with Crippen LogP contribution in [0.25, 0.3) is 0 Å². The van der Waals surface area contributed by atoms with Gasteiger partial charge in [-0.2, -0.15) is 0 Å². The monoisotopic (exact) mass is 284 g/mol. The molecule has 1 aromatic rings. The SMILES string of the molecule is CC(C)CNC(=O)CNc1ccc(Cl)cc1C(=O)O. The molecule has 0 radical (unpaired) electrons. The van der Waals surface area contributed by atoms with E-state index in [0.29, 0.717) is 23.2 Å². The second-order valence-corrected chi connectivity index (χ2v) is 4.98. The van der Waals surface area contributed by atoms with Gasteiger partial charge in [0.15, 0.2) is 0 Å². The zero-order valence-electron chi connectivity index (χ0n) is 10.9. The van der Waals surface area contributed by atoms with Gasteiger partial charge in [-0.15, -0.1) is 0 Å². The predicted molar refractivity (Wildman–Crippen MR) is 74.7 cm³/mol. The molecule has 0 aromatic heterocycles. The lowest BCUT2D eigenvalue weighted by Gasteiger charge is -2.11. The number of halogens is 1. The first-order chi connectivity index (χ1) is 8.90. The van der Waals surface area contributed by atoms with E-state index in [9.17, 15) is 9.59 Å². The number of carbonyl (C=O) groups excluding carboxylic acids is 1. The zero-order chi connectivity index (χ0) is 14.4. The Balaban J connectivity index is 2.62. The minimum absolute atomic E-state index is 0.0225. The van der Waals surface area contributed by atoms with Crippen molar-refractivity contribution in [2.45, 2.75) is 13.8 Å². The van der Waals surface area contributed by atoms with Crippen LogP contribution in [0, 0.1) is 5.92 Å². The first-order valence-corrected chi connectivity index (χ1v) is 6.31. The highest BCUT2D eigenvalue weighted by Gasteiger charge is 2.11. The maximum Gasteiger partial charge on any atom is 0.337 e. The molecule has 0 spiro atoms. The summed E-state index contributed by atoms with van der Waals surface area (Å²) in [7, 11) is 0. The van der Waals surface area contributed by atoms with Crippen LogP contribution in [0.2, 0.25) is 5.02 Å². The number of carboxylic acids is 1. The second kappa shape index (κ2) is 6.99. The molecule has 0 fully saturated rings. The Morgan fingerprint density at radius 3 is 2.63 bits per heavy atom. The number of benzene rings is 1. The number of carboxylic acid groups (broad SMARTS) is 1. The van der Waals surface area contributed by atoms with Gasteiger partial charge in [0, 0.05) is 17.3 Å². The number of amides is 1. The molecule has 0 atom stereocenters. The molecule has 0 heterocycles. The number of nitrogens with one attached hydrogen (secondary N) is 2. The van der Waals surface area contributed by atoms with Crippen LogP contribution in [0.1, 0.15) is 24.2 Å². The molecule has 0 saturated carbocycles. The molecule has 1 rings (SSSR count). The fourth-order valence-corrected chi connectivity index (χ4v) is 1.58. The van der Waals surface area contributed by atoms with Crippen molar-refractivity contribution in [2.24, 2.45) is 5.92 Å². The molecule has 0 unspecified atom stereocenters. The molecule has 0 aliphatic heterocycles. The van der Waals surface area contributed by atoms with Gasteiger partial charge in [0.05, 0.1) is 12.1 Å². The Labute approximate surface area is 117 Å². The number of aromatic carboxylic acids is 1. The molecule has 6 heteroatoms. The van der Waals surface area contributed by atoms with Gasteiger partial charge in [0.1, 0.15) is 0 Å². The maximum absolute atomic E-state index is 11.5. The normalized spacial score (nSPS) is 10.3. The fourth-order valence-electron chi connectivity index (χ4n) is 1.40. The highest BCUT2D eigenvalue weighted by atomic mass is 35.5. The topological polar surface area (TPSA) is 78.4 Å². The first kappa shape index (κ1) is 15.3. The summed E-state index contributed by atoms with van der Waals surface area (Å²) in [5.74, 6) is -0.901. The van der Waals surface area contributed by atoms with E-state index in [1.54, 1.807) is 12.1 Å². The molecule has 5 nitrogen and oxygen atoms in total. The van der Waals surface area contributed by atoms with E-state index in [-0.39, 0.29) is 18.0 Å². The summed E-state index contributed by atoms with van der Waals surface area (Å²) in [6.45, 7) is 4.60. The van der Waals surface area contributed by atoms with Crippen LogP contribution in [-0.4, -0.2) is 30.1 Å². The zero-order valence-corrected chi connectivity index (χ0v) is 11.6. The van der Waals surface area contributed by atoms with E-state index >= 15 is 0 Å². The van der Waals surface area contributed by atoms with E-state index in [4.69, 9.17) is 16.7 Å². The van der Waals surface area contributed by atoms with Crippen molar-refractivity contribution in [1.29, 1.82) is 0 Å². The molecule has 3 N–H and O–H groups in total. The summed E-state index contributed by atoms with van der Waals surface area (Å²) in [5.41, 5.74) is 0.417. The minimum Gasteiger partial charge on any atom is -0.478 e. The van der Waals surface area contributed by atoms with E-state index in [0.717, 1.165) is 0 Å². The van der Waals surface area contributed by atoms with Gasteiger partial charge in [-0.05, 0) is 24.1 Å².